The van der Waals surface area contributed by atoms with Crippen LogP contribution in [0.4, 0.5) is 17.1 Å². The molecule has 0 bridgehead atoms. The van der Waals surface area contributed by atoms with E-state index in [0.29, 0.717) is 5.69 Å². The summed E-state index contributed by atoms with van der Waals surface area (Å²) in [6, 6.07) is 21.5. The molecule has 0 aliphatic rings. The fourth-order valence-electron chi connectivity index (χ4n) is 3.43. The third kappa shape index (κ3) is 4.93. The second kappa shape index (κ2) is 8.89. The normalized spacial score (nSPS) is 11.8. The first-order chi connectivity index (χ1) is 14.9. The van der Waals surface area contributed by atoms with Gasteiger partial charge in [0.1, 0.15) is 0 Å². The summed E-state index contributed by atoms with van der Waals surface area (Å²) < 4.78 is 32.7. The van der Waals surface area contributed by atoms with Crippen molar-refractivity contribution in [3.63, 3.8) is 0 Å². The lowest BCUT2D eigenvalue weighted by Gasteiger charge is -2.15. The number of benzene rings is 3. The zero-order chi connectivity index (χ0) is 21.8. The highest BCUT2D eigenvalue weighted by Gasteiger charge is 2.11. The Balaban J connectivity index is 1.62. The van der Waals surface area contributed by atoms with Gasteiger partial charge in [0, 0.05) is 22.1 Å². The lowest BCUT2D eigenvalue weighted by atomic mass is 10.1. The van der Waals surface area contributed by atoms with Crippen LogP contribution in [0.5, 0.6) is 0 Å². The van der Waals surface area contributed by atoms with Crippen molar-refractivity contribution in [2.24, 2.45) is 0 Å². The molecule has 0 aliphatic heterocycles. The van der Waals surface area contributed by atoms with Crippen LogP contribution in [0.1, 0.15) is 5.56 Å². The zero-order valence-corrected chi connectivity index (χ0v) is 17.9. The molecule has 4 aromatic rings. The van der Waals surface area contributed by atoms with Crippen LogP contribution in [0.2, 0.25) is 0 Å². The maximum atomic E-state index is 11.4. The SMILES string of the molecule is COS(=O)(=O)CCOCc1cc(N)cc(Nc2c3ccccc3nc3ccccc23)c1. The first-order valence-corrected chi connectivity index (χ1v) is 11.3. The van der Waals surface area contributed by atoms with E-state index in [4.69, 9.17) is 15.5 Å². The van der Waals surface area contributed by atoms with Crippen molar-refractivity contribution in [3.05, 3.63) is 72.3 Å². The molecule has 0 saturated heterocycles. The molecule has 3 N–H and O–H groups in total. The third-order valence-electron chi connectivity index (χ3n) is 4.87. The number of nitrogens with one attached hydrogen (secondary N) is 1. The fraction of sp³-hybridized carbons (Fsp3) is 0.174. The van der Waals surface area contributed by atoms with Gasteiger partial charge in [0.05, 0.1) is 42.8 Å². The van der Waals surface area contributed by atoms with Gasteiger partial charge in [0.25, 0.3) is 10.1 Å². The number of pyridine rings is 1. The van der Waals surface area contributed by atoms with Crippen LogP contribution in [0.15, 0.2) is 66.7 Å². The molecule has 3 aromatic carbocycles. The summed E-state index contributed by atoms with van der Waals surface area (Å²) in [4.78, 5) is 4.75. The quantitative estimate of drug-likeness (QED) is 0.184. The molecule has 1 heterocycles. The van der Waals surface area contributed by atoms with Gasteiger partial charge in [0.2, 0.25) is 0 Å². The maximum absolute atomic E-state index is 11.4. The van der Waals surface area contributed by atoms with Crippen LogP contribution in [0, 0.1) is 0 Å². The minimum Gasteiger partial charge on any atom is -0.399 e. The van der Waals surface area contributed by atoms with Gasteiger partial charge in [-0.2, -0.15) is 8.42 Å². The fourth-order valence-corrected chi connectivity index (χ4v) is 3.92. The van der Waals surface area contributed by atoms with Gasteiger partial charge in [-0.1, -0.05) is 36.4 Å². The molecule has 0 fully saturated rings. The number of para-hydroxylation sites is 2. The Hall–Kier alpha value is -3.20. The third-order valence-corrected chi connectivity index (χ3v) is 6.05. The number of ether oxygens (including phenoxy) is 1. The van der Waals surface area contributed by atoms with Gasteiger partial charge >= 0.3 is 0 Å². The van der Waals surface area contributed by atoms with Gasteiger partial charge in [-0.15, -0.1) is 0 Å². The van der Waals surface area contributed by atoms with Crippen molar-refractivity contribution in [1.29, 1.82) is 0 Å². The number of rotatable bonds is 8. The summed E-state index contributed by atoms with van der Waals surface area (Å²) in [7, 11) is -2.40. The van der Waals surface area contributed by atoms with Gasteiger partial charge in [-0.05, 0) is 35.9 Å². The second-order valence-corrected chi connectivity index (χ2v) is 8.95. The predicted octanol–water partition coefficient (Wildman–Crippen LogP) is 4.21. The Labute approximate surface area is 180 Å². The highest BCUT2D eigenvalue weighted by Crippen LogP contribution is 2.33. The van der Waals surface area contributed by atoms with Crippen molar-refractivity contribution in [2.75, 3.05) is 30.5 Å². The molecule has 4 rings (SSSR count). The summed E-state index contributed by atoms with van der Waals surface area (Å²) in [5.41, 5.74) is 11.1. The van der Waals surface area contributed by atoms with Crippen LogP contribution in [0.3, 0.4) is 0 Å². The van der Waals surface area contributed by atoms with E-state index in [9.17, 15) is 8.42 Å². The summed E-state index contributed by atoms with van der Waals surface area (Å²) >= 11 is 0. The van der Waals surface area contributed by atoms with Crippen LogP contribution >= 0.6 is 0 Å². The average molecular weight is 438 g/mol. The molecular weight excluding hydrogens is 414 g/mol. The standard InChI is InChI=1S/C23H23N3O4S/c1-29-31(27,28)11-10-30-15-16-12-17(24)14-18(13-16)25-23-19-6-2-4-8-21(19)26-22-9-5-3-7-20(22)23/h2-9,12-14H,10-11,15,24H2,1H3,(H,25,26). The Kier molecular flexibility index (Phi) is 6.03. The lowest BCUT2D eigenvalue weighted by Crippen LogP contribution is -2.13. The first-order valence-electron chi connectivity index (χ1n) is 9.75. The van der Waals surface area contributed by atoms with Gasteiger partial charge < -0.3 is 15.8 Å². The molecule has 0 aliphatic carbocycles. The Bertz CT molecular complexity index is 1290. The molecule has 0 unspecified atom stereocenters. The minimum atomic E-state index is -3.54. The van der Waals surface area contributed by atoms with E-state index in [-0.39, 0.29) is 19.0 Å². The first kappa shape index (κ1) is 21.0. The monoisotopic (exact) mass is 437 g/mol. The second-order valence-electron chi connectivity index (χ2n) is 7.09. The Morgan fingerprint density at radius 1 is 0.968 bits per heavy atom. The number of hydrogen-bond acceptors (Lipinski definition) is 7. The van der Waals surface area contributed by atoms with E-state index < -0.39 is 10.1 Å². The molecule has 8 heteroatoms. The topological polar surface area (TPSA) is 104 Å². The van der Waals surface area contributed by atoms with Crippen molar-refractivity contribution in [2.45, 2.75) is 6.61 Å². The van der Waals surface area contributed by atoms with E-state index in [1.54, 1.807) is 6.07 Å². The van der Waals surface area contributed by atoms with Crippen LogP contribution in [-0.2, 0) is 25.6 Å². The van der Waals surface area contributed by atoms with Gasteiger partial charge in [-0.3, -0.25) is 4.18 Å². The summed E-state index contributed by atoms with van der Waals surface area (Å²) in [5.74, 6) is -0.202. The maximum Gasteiger partial charge on any atom is 0.269 e. The molecule has 7 nitrogen and oxygen atoms in total. The van der Waals surface area contributed by atoms with Crippen LogP contribution in [-0.4, -0.2) is 32.9 Å². The summed E-state index contributed by atoms with van der Waals surface area (Å²) in [5, 5.41) is 5.51. The van der Waals surface area contributed by atoms with Crippen molar-refractivity contribution in [1.82, 2.24) is 4.98 Å². The van der Waals surface area contributed by atoms with E-state index in [2.05, 4.69) is 9.50 Å². The number of aromatic nitrogens is 1. The van der Waals surface area contributed by atoms with Crippen LogP contribution in [0.25, 0.3) is 21.8 Å². The summed E-state index contributed by atoms with van der Waals surface area (Å²) in [6.07, 6.45) is 0. The van der Waals surface area contributed by atoms with Crippen molar-refractivity contribution in [3.8, 4) is 0 Å². The zero-order valence-electron chi connectivity index (χ0n) is 17.0. The Morgan fingerprint density at radius 3 is 2.26 bits per heavy atom. The molecule has 1 aromatic heterocycles. The van der Waals surface area contributed by atoms with Gasteiger partial charge in [0.15, 0.2) is 0 Å². The highest BCUT2D eigenvalue weighted by atomic mass is 32.2. The van der Waals surface area contributed by atoms with Crippen molar-refractivity contribution >= 4 is 49.0 Å². The number of anilines is 3. The number of nitrogens with two attached hydrogens (primary N) is 1. The molecular formula is C23H23N3O4S. The number of fused-ring (bicyclic) bond motifs is 2. The van der Waals surface area contributed by atoms with Crippen molar-refractivity contribution < 1.29 is 17.3 Å². The van der Waals surface area contributed by atoms with E-state index in [1.807, 2.05) is 60.7 Å². The van der Waals surface area contributed by atoms with E-state index in [0.717, 1.165) is 45.9 Å². The highest BCUT2D eigenvalue weighted by molar-refractivity contribution is 7.86. The van der Waals surface area contributed by atoms with E-state index in [1.165, 1.54) is 0 Å². The molecule has 0 spiro atoms. The molecule has 0 atom stereocenters. The number of nitrogen functional groups attached to an aromatic ring is 1. The van der Waals surface area contributed by atoms with Gasteiger partial charge in [-0.25, -0.2) is 4.98 Å². The smallest absolute Gasteiger partial charge is 0.269 e. The number of hydrogen-bond donors (Lipinski definition) is 2. The largest absolute Gasteiger partial charge is 0.399 e. The Morgan fingerprint density at radius 2 is 1.61 bits per heavy atom. The lowest BCUT2D eigenvalue weighted by molar-refractivity contribution is 0.134. The van der Waals surface area contributed by atoms with E-state index >= 15 is 0 Å². The molecule has 31 heavy (non-hydrogen) atoms. The molecule has 0 saturated carbocycles. The summed E-state index contributed by atoms with van der Waals surface area (Å²) in [6.45, 7) is 0.268. The molecule has 0 radical (unpaired) electrons. The molecule has 0 amide bonds. The minimum absolute atomic E-state index is 0.0351. The molecule has 160 valence electrons. The number of nitrogens with zero attached hydrogens (tertiary/aromatic N) is 1. The predicted molar refractivity (Wildman–Crippen MR) is 124 cm³/mol. The van der Waals surface area contributed by atoms with Crippen LogP contribution < -0.4 is 11.1 Å². The average Bonchev–Trinajstić information content (AvgIpc) is 2.76.